The van der Waals surface area contributed by atoms with E-state index in [1.807, 2.05) is 37.3 Å². The molecule has 126 valence electrons. The number of anilines is 2. The molecule has 24 heavy (non-hydrogen) atoms. The first-order chi connectivity index (χ1) is 11.7. The number of carbonyl (C=O) groups is 2. The van der Waals surface area contributed by atoms with Crippen molar-refractivity contribution in [2.24, 2.45) is 0 Å². The van der Waals surface area contributed by atoms with Gasteiger partial charge in [0.05, 0.1) is 0 Å². The van der Waals surface area contributed by atoms with Crippen LogP contribution in [0.3, 0.4) is 0 Å². The van der Waals surface area contributed by atoms with Crippen LogP contribution in [0.4, 0.5) is 11.4 Å². The Morgan fingerprint density at radius 1 is 0.958 bits per heavy atom. The average molecular weight is 324 g/mol. The Balaban J connectivity index is 2.06. The van der Waals surface area contributed by atoms with Crippen molar-refractivity contribution in [2.45, 2.75) is 33.1 Å². The fourth-order valence-electron chi connectivity index (χ4n) is 2.46. The molecule has 0 fully saturated rings. The molecule has 2 amide bonds. The van der Waals surface area contributed by atoms with Gasteiger partial charge in [0.2, 0.25) is 5.91 Å². The van der Waals surface area contributed by atoms with E-state index in [2.05, 4.69) is 12.2 Å². The van der Waals surface area contributed by atoms with E-state index in [1.54, 1.807) is 29.2 Å². The smallest absolute Gasteiger partial charge is 0.258 e. The standard InChI is InChI=1S/C20H24N2O2/c1-3-5-11-19(23)21-17-14-12-16(13-15-17)20(24)22(4-2)18-9-7-6-8-10-18/h6-10,12-15H,3-5,11H2,1-2H3,(H,21,23). The molecule has 0 radical (unpaired) electrons. The number of para-hydroxylation sites is 1. The van der Waals surface area contributed by atoms with Crippen LogP contribution < -0.4 is 10.2 Å². The van der Waals surface area contributed by atoms with Gasteiger partial charge in [-0.15, -0.1) is 0 Å². The highest BCUT2D eigenvalue weighted by Gasteiger charge is 2.15. The molecule has 0 atom stereocenters. The molecule has 0 aliphatic heterocycles. The molecule has 0 saturated carbocycles. The molecule has 0 bridgehead atoms. The average Bonchev–Trinajstić information content (AvgIpc) is 2.62. The van der Waals surface area contributed by atoms with Crippen LogP contribution in [0.25, 0.3) is 0 Å². The zero-order chi connectivity index (χ0) is 17.4. The molecule has 0 saturated heterocycles. The largest absolute Gasteiger partial charge is 0.326 e. The third-order valence-electron chi connectivity index (χ3n) is 3.80. The Bertz CT molecular complexity index is 666. The van der Waals surface area contributed by atoms with Gasteiger partial charge in [0, 0.05) is 29.9 Å². The lowest BCUT2D eigenvalue weighted by molar-refractivity contribution is -0.116. The van der Waals surface area contributed by atoms with Gasteiger partial charge in [-0.05, 0) is 49.7 Å². The molecule has 1 N–H and O–H groups in total. The van der Waals surface area contributed by atoms with E-state index in [0.29, 0.717) is 18.5 Å². The second kappa shape index (κ2) is 8.87. The summed E-state index contributed by atoms with van der Waals surface area (Å²) >= 11 is 0. The summed E-state index contributed by atoms with van der Waals surface area (Å²) in [5.74, 6) is -0.0389. The Labute approximate surface area is 143 Å². The molecule has 2 aromatic rings. The summed E-state index contributed by atoms with van der Waals surface area (Å²) in [6.07, 6.45) is 2.40. The predicted octanol–water partition coefficient (Wildman–Crippen LogP) is 4.48. The molecule has 0 aromatic heterocycles. The van der Waals surface area contributed by atoms with Crippen molar-refractivity contribution >= 4 is 23.2 Å². The van der Waals surface area contributed by atoms with Gasteiger partial charge in [-0.25, -0.2) is 0 Å². The number of hydrogen-bond acceptors (Lipinski definition) is 2. The van der Waals surface area contributed by atoms with Crippen molar-refractivity contribution in [3.05, 3.63) is 60.2 Å². The lowest BCUT2D eigenvalue weighted by Gasteiger charge is -2.21. The topological polar surface area (TPSA) is 49.4 Å². The minimum Gasteiger partial charge on any atom is -0.326 e. The van der Waals surface area contributed by atoms with Crippen molar-refractivity contribution in [1.82, 2.24) is 0 Å². The maximum atomic E-state index is 12.7. The van der Waals surface area contributed by atoms with E-state index in [-0.39, 0.29) is 11.8 Å². The van der Waals surface area contributed by atoms with Gasteiger partial charge in [0.25, 0.3) is 5.91 Å². The third-order valence-corrected chi connectivity index (χ3v) is 3.80. The van der Waals surface area contributed by atoms with E-state index >= 15 is 0 Å². The molecular weight excluding hydrogens is 300 g/mol. The van der Waals surface area contributed by atoms with E-state index < -0.39 is 0 Å². The Morgan fingerprint density at radius 2 is 1.62 bits per heavy atom. The molecule has 0 aliphatic rings. The highest BCUT2D eigenvalue weighted by Crippen LogP contribution is 2.18. The van der Waals surface area contributed by atoms with Gasteiger partial charge in [-0.3, -0.25) is 9.59 Å². The number of rotatable bonds is 7. The number of amides is 2. The van der Waals surface area contributed by atoms with Gasteiger partial charge >= 0.3 is 0 Å². The molecule has 2 aromatic carbocycles. The van der Waals surface area contributed by atoms with Crippen LogP contribution in [-0.2, 0) is 4.79 Å². The van der Waals surface area contributed by atoms with Crippen LogP contribution in [-0.4, -0.2) is 18.4 Å². The highest BCUT2D eigenvalue weighted by molar-refractivity contribution is 6.06. The highest BCUT2D eigenvalue weighted by atomic mass is 16.2. The van der Waals surface area contributed by atoms with Crippen molar-refractivity contribution in [2.75, 3.05) is 16.8 Å². The van der Waals surface area contributed by atoms with Crippen LogP contribution in [0, 0.1) is 0 Å². The summed E-state index contributed by atoms with van der Waals surface area (Å²) in [7, 11) is 0. The predicted molar refractivity (Wildman–Crippen MR) is 98.4 cm³/mol. The van der Waals surface area contributed by atoms with Gasteiger partial charge in [0.15, 0.2) is 0 Å². The minimum absolute atomic E-state index is 0.00963. The number of benzene rings is 2. The first-order valence-electron chi connectivity index (χ1n) is 8.42. The molecule has 4 heteroatoms. The number of nitrogens with one attached hydrogen (secondary N) is 1. The quantitative estimate of drug-likeness (QED) is 0.816. The van der Waals surface area contributed by atoms with Crippen LogP contribution in [0.1, 0.15) is 43.5 Å². The van der Waals surface area contributed by atoms with Crippen LogP contribution in [0.5, 0.6) is 0 Å². The van der Waals surface area contributed by atoms with Gasteiger partial charge < -0.3 is 10.2 Å². The van der Waals surface area contributed by atoms with Crippen LogP contribution in [0.15, 0.2) is 54.6 Å². The maximum absolute atomic E-state index is 12.7. The second-order valence-electron chi connectivity index (χ2n) is 5.61. The van der Waals surface area contributed by atoms with Crippen molar-refractivity contribution in [3.63, 3.8) is 0 Å². The summed E-state index contributed by atoms with van der Waals surface area (Å²) in [5.41, 5.74) is 2.20. The molecule has 2 rings (SSSR count). The summed E-state index contributed by atoms with van der Waals surface area (Å²) in [6, 6.07) is 16.7. The molecular formula is C20H24N2O2. The number of hydrogen-bond donors (Lipinski definition) is 1. The monoisotopic (exact) mass is 324 g/mol. The number of unbranched alkanes of at least 4 members (excludes halogenated alkanes) is 1. The first-order valence-corrected chi connectivity index (χ1v) is 8.42. The van der Waals surface area contributed by atoms with E-state index in [4.69, 9.17) is 0 Å². The molecule has 0 aliphatic carbocycles. The van der Waals surface area contributed by atoms with Crippen molar-refractivity contribution in [1.29, 1.82) is 0 Å². The van der Waals surface area contributed by atoms with Crippen LogP contribution >= 0.6 is 0 Å². The van der Waals surface area contributed by atoms with Crippen LogP contribution in [0.2, 0.25) is 0 Å². The molecule has 4 nitrogen and oxygen atoms in total. The van der Waals surface area contributed by atoms with Crippen molar-refractivity contribution < 1.29 is 9.59 Å². The summed E-state index contributed by atoms with van der Waals surface area (Å²) < 4.78 is 0. The second-order valence-corrected chi connectivity index (χ2v) is 5.61. The third kappa shape index (κ3) is 4.69. The maximum Gasteiger partial charge on any atom is 0.258 e. The van der Waals surface area contributed by atoms with Gasteiger partial charge in [-0.1, -0.05) is 31.5 Å². The zero-order valence-electron chi connectivity index (χ0n) is 14.3. The van der Waals surface area contributed by atoms with E-state index in [0.717, 1.165) is 24.2 Å². The van der Waals surface area contributed by atoms with Gasteiger partial charge in [-0.2, -0.15) is 0 Å². The fourth-order valence-corrected chi connectivity index (χ4v) is 2.46. The van der Waals surface area contributed by atoms with E-state index in [1.165, 1.54) is 0 Å². The summed E-state index contributed by atoms with van der Waals surface area (Å²) in [4.78, 5) is 26.2. The Hall–Kier alpha value is -2.62. The molecule has 0 spiro atoms. The first kappa shape index (κ1) is 17.7. The Morgan fingerprint density at radius 3 is 2.21 bits per heavy atom. The Kier molecular flexibility index (Phi) is 6.55. The zero-order valence-corrected chi connectivity index (χ0v) is 14.3. The number of nitrogens with zero attached hydrogens (tertiary/aromatic N) is 1. The van der Waals surface area contributed by atoms with E-state index in [9.17, 15) is 9.59 Å². The van der Waals surface area contributed by atoms with Crippen molar-refractivity contribution in [3.8, 4) is 0 Å². The summed E-state index contributed by atoms with van der Waals surface area (Å²) in [5, 5.41) is 2.85. The fraction of sp³-hybridized carbons (Fsp3) is 0.300. The minimum atomic E-state index is -0.0486. The SMILES string of the molecule is CCCCC(=O)Nc1ccc(C(=O)N(CC)c2ccccc2)cc1. The number of carbonyl (C=O) groups excluding carboxylic acids is 2. The summed E-state index contributed by atoms with van der Waals surface area (Å²) in [6.45, 7) is 4.60. The molecule has 0 heterocycles. The molecule has 0 unspecified atom stereocenters. The van der Waals surface area contributed by atoms with Gasteiger partial charge in [0.1, 0.15) is 0 Å². The lowest BCUT2D eigenvalue weighted by atomic mass is 10.1. The lowest BCUT2D eigenvalue weighted by Crippen LogP contribution is -2.30. The normalized spacial score (nSPS) is 10.2.